The highest BCUT2D eigenvalue weighted by Crippen LogP contribution is 2.38. The van der Waals surface area contributed by atoms with Crippen molar-refractivity contribution in [3.63, 3.8) is 0 Å². The molecule has 1 saturated carbocycles. The van der Waals surface area contributed by atoms with E-state index in [0.29, 0.717) is 5.92 Å². The van der Waals surface area contributed by atoms with Crippen LogP contribution in [0.15, 0.2) is 24.3 Å². The van der Waals surface area contributed by atoms with Crippen LogP contribution in [0.1, 0.15) is 64.9 Å². The number of benzene rings is 1. The minimum atomic E-state index is -0.263. The molecule has 2 fully saturated rings. The fraction of sp³-hybridized carbons (Fsp3) is 0.647. The van der Waals surface area contributed by atoms with Crippen molar-refractivity contribution in [2.75, 3.05) is 0 Å². The first kappa shape index (κ1) is 14.2. The minimum absolute atomic E-state index is 0.225. The smallest absolute Gasteiger partial charge is 0.399 e. The highest BCUT2D eigenvalue weighted by molar-refractivity contribution is 6.62. The summed E-state index contributed by atoms with van der Waals surface area (Å²) in [6.07, 6.45) is 5.30. The van der Waals surface area contributed by atoms with Gasteiger partial charge < -0.3 is 9.31 Å². The van der Waals surface area contributed by atoms with Crippen LogP contribution in [-0.4, -0.2) is 18.3 Å². The predicted molar refractivity (Wildman–Crippen MR) is 83.4 cm³/mol. The Morgan fingerprint density at radius 3 is 2.10 bits per heavy atom. The van der Waals surface area contributed by atoms with Crippen molar-refractivity contribution in [3.05, 3.63) is 29.8 Å². The van der Waals surface area contributed by atoms with E-state index in [1.165, 1.54) is 36.7 Å². The maximum Gasteiger partial charge on any atom is 0.495 e. The maximum atomic E-state index is 6.23. The summed E-state index contributed by atoms with van der Waals surface area (Å²) in [6, 6.07) is 8.67. The van der Waals surface area contributed by atoms with Crippen molar-refractivity contribution in [2.45, 2.75) is 70.5 Å². The second-order valence-corrected chi connectivity index (χ2v) is 7.20. The zero-order chi connectivity index (χ0) is 14.4. The predicted octanol–water partition coefficient (Wildman–Crippen LogP) is 3.64. The second kappa shape index (κ2) is 4.89. The Balaban J connectivity index is 1.92. The number of rotatable bonds is 2. The first-order chi connectivity index (χ1) is 9.41. The SMILES string of the molecule is CC1(C)OB(c2ccccc2C2CCCC2)OC1(C)C. The molecule has 20 heavy (non-hydrogen) atoms. The molecule has 0 N–H and O–H groups in total. The van der Waals surface area contributed by atoms with Crippen LogP contribution >= 0.6 is 0 Å². The van der Waals surface area contributed by atoms with Gasteiger partial charge in [0.15, 0.2) is 0 Å². The number of hydrogen-bond acceptors (Lipinski definition) is 2. The Labute approximate surface area is 123 Å². The first-order valence-corrected chi connectivity index (χ1v) is 7.85. The molecule has 0 atom stereocenters. The van der Waals surface area contributed by atoms with Crippen molar-refractivity contribution < 1.29 is 9.31 Å². The molecular formula is C17H25BO2. The molecule has 3 rings (SSSR count). The van der Waals surface area contributed by atoms with Crippen molar-refractivity contribution in [2.24, 2.45) is 0 Å². The molecule has 0 amide bonds. The van der Waals surface area contributed by atoms with Crippen LogP contribution in [0.3, 0.4) is 0 Å². The van der Waals surface area contributed by atoms with E-state index in [1.54, 1.807) is 0 Å². The molecule has 1 heterocycles. The average Bonchev–Trinajstić information content (AvgIpc) is 2.97. The molecule has 1 aliphatic carbocycles. The van der Waals surface area contributed by atoms with Gasteiger partial charge in [0.1, 0.15) is 0 Å². The lowest BCUT2D eigenvalue weighted by atomic mass is 9.73. The van der Waals surface area contributed by atoms with Gasteiger partial charge >= 0.3 is 7.12 Å². The van der Waals surface area contributed by atoms with E-state index >= 15 is 0 Å². The lowest BCUT2D eigenvalue weighted by molar-refractivity contribution is 0.00578. The summed E-state index contributed by atoms with van der Waals surface area (Å²) >= 11 is 0. The molecule has 2 nitrogen and oxygen atoms in total. The zero-order valence-electron chi connectivity index (χ0n) is 13.1. The monoisotopic (exact) mass is 272 g/mol. The van der Waals surface area contributed by atoms with Gasteiger partial charge in [-0.25, -0.2) is 0 Å². The Morgan fingerprint density at radius 1 is 0.950 bits per heavy atom. The van der Waals surface area contributed by atoms with E-state index in [1.807, 2.05) is 0 Å². The summed E-state index contributed by atoms with van der Waals surface area (Å²) in [4.78, 5) is 0. The van der Waals surface area contributed by atoms with E-state index < -0.39 is 0 Å². The summed E-state index contributed by atoms with van der Waals surface area (Å²) in [5.41, 5.74) is 2.14. The van der Waals surface area contributed by atoms with Gasteiger partial charge in [-0.1, -0.05) is 37.1 Å². The van der Waals surface area contributed by atoms with E-state index in [4.69, 9.17) is 9.31 Å². The van der Waals surface area contributed by atoms with Gasteiger partial charge in [-0.05, 0) is 57.5 Å². The van der Waals surface area contributed by atoms with Crippen molar-refractivity contribution in [1.82, 2.24) is 0 Å². The number of hydrogen-bond donors (Lipinski definition) is 0. The Morgan fingerprint density at radius 2 is 1.50 bits per heavy atom. The molecular weight excluding hydrogens is 247 g/mol. The highest BCUT2D eigenvalue weighted by atomic mass is 16.7. The van der Waals surface area contributed by atoms with Crippen LogP contribution in [0.5, 0.6) is 0 Å². The van der Waals surface area contributed by atoms with Crippen LogP contribution in [-0.2, 0) is 9.31 Å². The lowest BCUT2D eigenvalue weighted by Gasteiger charge is -2.32. The Hall–Kier alpha value is -0.795. The lowest BCUT2D eigenvalue weighted by Crippen LogP contribution is -2.41. The first-order valence-electron chi connectivity index (χ1n) is 7.85. The zero-order valence-corrected chi connectivity index (χ0v) is 13.1. The quantitative estimate of drug-likeness (QED) is 0.765. The van der Waals surface area contributed by atoms with Gasteiger partial charge in [-0.3, -0.25) is 0 Å². The summed E-state index contributed by atoms with van der Waals surface area (Å²) < 4.78 is 12.5. The molecule has 1 aromatic rings. The molecule has 0 spiro atoms. The van der Waals surface area contributed by atoms with Crippen molar-refractivity contribution in [1.29, 1.82) is 0 Å². The summed E-state index contributed by atoms with van der Waals surface area (Å²) in [5.74, 6) is 0.685. The normalized spacial score (nSPS) is 25.3. The molecule has 2 aliphatic rings. The fourth-order valence-corrected chi connectivity index (χ4v) is 3.30. The van der Waals surface area contributed by atoms with Crippen LogP contribution in [0.4, 0.5) is 0 Å². The molecule has 0 bridgehead atoms. The molecule has 108 valence electrons. The molecule has 3 heteroatoms. The van der Waals surface area contributed by atoms with Gasteiger partial charge in [0.05, 0.1) is 11.2 Å². The van der Waals surface area contributed by atoms with Crippen LogP contribution in [0.25, 0.3) is 0 Å². The summed E-state index contributed by atoms with van der Waals surface area (Å²) in [5, 5.41) is 0. The fourth-order valence-electron chi connectivity index (χ4n) is 3.30. The Bertz CT molecular complexity index is 474. The molecule has 0 aromatic heterocycles. The topological polar surface area (TPSA) is 18.5 Å². The van der Waals surface area contributed by atoms with E-state index in [2.05, 4.69) is 52.0 Å². The van der Waals surface area contributed by atoms with Gasteiger partial charge in [0.2, 0.25) is 0 Å². The third-order valence-electron chi connectivity index (χ3n) is 5.30. The average molecular weight is 272 g/mol. The Kier molecular flexibility index (Phi) is 3.46. The standard InChI is InChI=1S/C17H25BO2/c1-16(2)17(3,4)20-18(19-16)15-12-8-7-11-14(15)13-9-5-6-10-13/h7-8,11-13H,5-6,9-10H2,1-4H3. The van der Waals surface area contributed by atoms with Crippen molar-refractivity contribution >= 4 is 12.6 Å². The maximum absolute atomic E-state index is 6.23. The van der Waals surface area contributed by atoms with E-state index in [9.17, 15) is 0 Å². The highest BCUT2D eigenvalue weighted by Gasteiger charge is 2.52. The second-order valence-electron chi connectivity index (χ2n) is 7.20. The van der Waals surface area contributed by atoms with Gasteiger partial charge in [-0.15, -0.1) is 0 Å². The van der Waals surface area contributed by atoms with Crippen LogP contribution in [0.2, 0.25) is 0 Å². The molecule has 1 saturated heterocycles. The minimum Gasteiger partial charge on any atom is -0.399 e. The van der Waals surface area contributed by atoms with Crippen LogP contribution in [0, 0.1) is 0 Å². The van der Waals surface area contributed by atoms with Crippen LogP contribution < -0.4 is 5.46 Å². The molecule has 1 aliphatic heterocycles. The third kappa shape index (κ3) is 2.31. The third-order valence-corrected chi connectivity index (χ3v) is 5.30. The summed E-state index contributed by atoms with van der Waals surface area (Å²) in [7, 11) is -0.225. The molecule has 0 unspecified atom stereocenters. The van der Waals surface area contributed by atoms with E-state index in [-0.39, 0.29) is 18.3 Å². The largest absolute Gasteiger partial charge is 0.495 e. The summed E-state index contributed by atoms with van der Waals surface area (Å²) in [6.45, 7) is 8.47. The van der Waals surface area contributed by atoms with Crippen molar-refractivity contribution in [3.8, 4) is 0 Å². The molecule has 0 radical (unpaired) electrons. The van der Waals surface area contributed by atoms with Gasteiger partial charge in [0, 0.05) is 0 Å². The molecule has 1 aromatic carbocycles. The van der Waals surface area contributed by atoms with Gasteiger partial charge in [0.25, 0.3) is 0 Å². The van der Waals surface area contributed by atoms with Gasteiger partial charge in [-0.2, -0.15) is 0 Å². The van der Waals surface area contributed by atoms with E-state index in [0.717, 1.165) is 0 Å².